The van der Waals surface area contributed by atoms with Gasteiger partial charge in [-0.25, -0.2) is 0 Å². The Labute approximate surface area is 149 Å². The summed E-state index contributed by atoms with van der Waals surface area (Å²) < 4.78 is 11.3. The highest BCUT2D eigenvalue weighted by molar-refractivity contribution is 5.00. The molecule has 0 spiro atoms. The first-order valence-electron chi connectivity index (χ1n) is 10.1. The van der Waals surface area contributed by atoms with Gasteiger partial charge < -0.3 is 14.4 Å². The van der Waals surface area contributed by atoms with Gasteiger partial charge in [0, 0.05) is 11.6 Å². The SMILES string of the molecule is CC(C)OCC12CCCN1CCC2.CC(C)OCC1CCCN1C. The summed E-state index contributed by atoms with van der Waals surface area (Å²) >= 11 is 0. The van der Waals surface area contributed by atoms with E-state index in [1.807, 2.05) is 0 Å². The van der Waals surface area contributed by atoms with E-state index in [1.165, 1.54) is 58.2 Å². The second-order valence-electron chi connectivity index (χ2n) is 8.44. The monoisotopic (exact) mass is 340 g/mol. The molecule has 3 aliphatic rings. The van der Waals surface area contributed by atoms with Gasteiger partial charge in [0.05, 0.1) is 25.4 Å². The quantitative estimate of drug-likeness (QED) is 0.738. The van der Waals surface area contributed by atoms with Crippen LogP contribution in [-0.2, 0) is 9.47 Å². The minimum Gasteiger partial charge on any atom is -0.377 e. The van der Waals surface area contributed by atoms with Crippen LogP contribution < -0.4 is 0 Å². The number of likely N-dealkylation sites (N-methyl/N-ethyl adjacent to an activating group) is 1. The number of fused-ring (bicyclic) bond motifs is 1. The van der Waals surface area contributed by atoms with Crippen molar-refractivity contribution >= 4 is 0 Å². The van der Waals surface area contributed by atoms with E-state index in [9.17, 15) is 0 Å². The topological polar surface area (TPSA) is 24.9 Å². The van der Waals surface area contributed by atoms with Crippen LogP contribution in [0.2, 0.25) is 0 Å². The van der Waals surface area contributed by atoms with Crippen molar-refractivity contribution in [3.8, 4) is 0 Å². The second kappa shape index (κ2) is 9.51. The maximum absolute atomic E-state index is 5.79. The van der Waals surface area contributed by atoms with Crippen LogP contribution in [0.5, 0.6) is 0 Å². The van der Waals surface area contributed by atoms with Crippen molar-refractivity contribution in [1.82, 2.24) is 9.80 Å². The minimum atomic E-state index is 0.379. The Morgan fingerprint density at radius 2 is 1.54 bits per heavy atom. The molecule has 0 bridgehead atoms. The molecule has 0 N–H and O–H groups in total. The summed E-state index contributed by atoms with van der Waals surface area (Å²) in [6.45, 7) is 14.2. The van der Waals surface area contributed by atoms with E-state index in [1.54, 1.807) is 0 Å². The molecular formula is C20H40N2O2. The zero-order chi connectivity index (χ0) is 17.6. The number of ether oxygens (including phenoxy) is 2. The van der Waals surface area contributed by atoms with Crippen LogP contribution in [0, 0.1) is 0 Å². The fraction of sp³-hybridized carbons (Fsp3) is 1.00. The Hall–Kier alpha value is -0.160. The maximum atomic E-state index is 5.79. The van der Waals surface area contributed by atoms with Crippen molar-refractivity contribution in [3.63, 3.8) is 0 Å². The summed E-state index contributed by atoms with van der Waals surface area (Å²) in [5.74, 6) is 0. The molecule has 0 aromatic carbocycles. The lowest BCUT2D eigenvalue weighted by molar-refractivity contribution is 0.00312. The van der Waals surface area contributed by atoms with Crippen molar-refractivity contribution in [1.29, 1.82) is 0 Å². The Morgan fingerprint density at radius 1 is 0.917 bits per heavy atom. The van der Waals surface area contributed by atoms with Gasteiger partial charge in [0.1, 0.15) is 0 Å². The fourth-order valence-electron chi connectivity index (χ4n) is 4.28. The largest absolute Gasteiger partial charge is 0.377 e. The first kappa shape index (κ1) is 20.2. The Morgan fingerprint density at radius 3 is 2.04 bits per heavy atom. The molecule has 4 nitrogen and oxygen atoms in total. The standard InChI is InChI=1S/C11H21NO.C9H19NO/c1-10(2)13-9-11-5-3-7-12(11)8-4-6-11;1-8(2)11-7-9-5-4-6-10(9)3/h10H,3-9H2,1-2H3;8-9H,4-7H2,1-3H3. The molecule has 0 aromatic heterocycles. The van der Waals surface area contributed by atoms with Gasteiger partial charge in [-0.1, -0.05) is 0 Å². The van der Waals surface area contributed by atoms with Gasteiger partial charge in [-0.05, 0) is 92.9 Å². The number of hydrogen-bond donors (Lipinski definition) is 0. The highest BCUT2D eigenvalue weighted by atomic mass is 16.5. The van der Waals surface area contributed by atoms with Crippen LogP contribution in [0.4, 0.5) is 0 Å². The fourth-order valence-corrected chi connectivity index (χ4v) is 4.28. The van der Waals surface area contributed by atoms with E-state index in [0.29, 0.717) is 23.8 Å². The zero-order valence-corrected chi connectivity index (χ0v) is 16.7. The van der Waals surface area contributed by atoms with Crippen LogP contribution >= 0.6 is 0 Å². The van der Waals surface area contributed by atoms with E-state index in [0.717, 1.165) is 13.2 Å². The minimum absolute atomic E-state index is 0.379. The van der Waals surface area contributed by atoms with Gasteiger partial charge >= 0.3 is 0 Å². The lowest BCUT2D eigenvalue weighted by atomic mass is 9.95. The molecule has 142 valence electrons. The third-order valence-electron chi connectivity index (χ3n) is 5.79. The summed E-state index contributed by atoms with van der Waals surface area (Å²) in [7, 11) is 2.18. The van der Waals surface area contributed by atoms with Crippen LogP contribution in [0.25, 0.3) is 0 Å². The third-order valence-corrected chi connectivity index (χ3v) is 5.79. The predicted molar refractivity (Wildman–Crippen MR) is 101 cm³/mol. The van der Waals surface area contributed by atoms with Crippen molar-refractivity contribution in [2.45, 2.75) is 90.0 Å². The Bertz CT molecular complexity index is 350. The molecule has 0 amide bonds. The van der Waals surface area contributed by atoms with Gasteiger partial charge in [-0.2, -0.15) is 0 Å². The van der Waals surface area contributed by atoms with Gasteiger partial charge in [0.25, 0.3) is 0 Å². The van der Waals surface area contributed by atoms with E-state index >= 15 is 0 Å². The van der Waals surface area contributed by atoms with Crippen molar-refractivity contribution in [2.75, 3.05) is 39.9 Å². The van der Waals surface area contributed by atoms with Crippen LogP contribution in [0.15, 0.2) is 0 Å². The first-order valence-corrected chi connectivity index (χ1v) is 10.1. The van der Waals surface area contributed by atoms with Crippen LogP contribution in [0.3, 0.4) is 0 Å². The van der Waals surface area contributed by atoms with Crippen LogP contribution in [0.1, 0.15) is 66.2 Å². The molecule has 0 radical (unpaired) electrons. The number of rotatable bonds is 6. The smallest absolute Gasteiger partial charge is 0.0653 e. The molecule has 3 saturated heterocycles. The Balaban J connectivity index is 0.000000177. The molecule has 3 fully saturated rings. The first-order chi connectivity index (χ1) is 11.4. The summed E-state index contributed by atoms with van der Waals surface area (Å²) in [5, 5.41) is 0. The van der Waals surface area contributed by atoms with Crippen LogP contribution in [-0.4, -0.2) is 73.5 Å². The van der Waals surface area contributed by atoms with Gasteiger partial charge in [0.15, 0.2) is 0 Å². The van der Waals surface area contributed by atoms with Crippen molar-refractivity contribution < 1.29 is 9.47 Å². The molecule has 1 unspecified atom stereocenters. The summed E-state index contributed by atoms with van der Waals surface area (Å²) in [6, 6.07) is 0.678. The Kier molecular flexibility index (Phi) is 7.99. The van der Waals surface area contributed by atoms with E-state index in [-0.39, 0.29) is 0 Å². The zero-order valence-electron chi connectivity index (χ0n) is 16.7. The summed E-state index contributed by atoms with van der Waals surface area (Å²) in [5.41, 5.74) is 0.449. The maximum Gasteiger partial charge on any atom is 0.0653 e. The van der Waals surface area contributed by atoms with E-state index < -0.39 is 0 Å². The molecule has 3 aliphatic heterocycles. The molecule has 3 rings (SSSR count). The third kappa shape index (κ3) is 5.69. The van der Waals surface area contributed by atoms with Gasteiger partial charge in [-0.15, -0.1) is 0 Å². The number of nitrogens with zero attached hydrogens (tertiary/aromatic N) is 2. The highest BCUT2D eigenvalue weighted by Crippen LogP contribution is 2.39. The average Bonchev–Trinajstić information content (AvgIpc) is 3.19. The lowest BCUT2D eigenvalue weighted by Gasteiger charge is -2.32. The summed E-state index contributed by atoms with van der Waals surface area (Å²) in [6.07, 6.45) is 8.88. The molecule has 1 atom stereocenters. The summed E-state index contributed by atoms with van der Waals surface area (Å²) in [4.78, 5) is 5.04. The highest BCUT2D eigenvalue weighted by Gasteiger charge is 2.44. The van der Waals surface area contributed by atoms with Crippen molar-refractivity contribution in [3.05, 3.63) is 0 Å². The number of hydrogen-bond acceptors (Lipinski definition) is 4. The number of likely N-dealkylation sites (tertiary alicyclic amines) is 1. The van der Waals surface area contributed by atoms with E-state index in [4.69, 9.17) is 9.47 Å². The molecular weight excluding hydrogens is 300 g/mol. The second-order valence-corrected chi connectivity index (χ2v) is 8.44. The molecule has 4 heteroatoms. The molecule has 0 aromatic rings. The molecule has 24 heavy (non-hydrogen) atoms. The van der Waals surface area contributed by atoms with Gasteiger partial charge in [-0.3, -0.25) is 4.90 Å². The lowest BCUT2D eigenvalue weighted by Crippen LogP contribution is -2.43. The predicted octanol–water partition coefficient (Wildman–Crippen LogP) is 3.55. The van der Waals surface area contributed by atoms with Crippen molar-refractivity contribution in [2.24, 2.45) is 0 Å². The van der Waals surface area contributed by atoms with E-state index in [2.05, 4.69) is 44.5 Å². The average molecular weight is 341 g/mol. The van der Waals surface area contributed by atoms with Gasteiger partial charge in [0.2, 0.25) is 0 Å². The molecule has 0 saturated carbocycles. The molecule has 0 aliphatic carbocycles. The normalized spacial score (nSPS) is 26.9. The molecule has 3 heterocycles.